The number of carbonyl (C=O) groups excluding carboxylic acids is 2. The molecule has 2 amide bonds. The van der Waals surface area contributed by atoms with Crippen LogP contribution >= 0.6 is 0 Å². The molecular formula is C19H32N4O2. The zero-order chi connectivity index (χ0) is 17.5. The number of piperazine rings is 1. The minimum Gasteiger partial charge on any atom is -0.355 e. The predicted octanol–water partition coefficient (Wildman–Crippen LogP) is 0.889. The molecule has 6 nitrogen and oxygen atoms in total. The Morgan fingerprint density at radius 2 is 1.68 bits per heavy atom. The summed E-state index contributed by atoms with van der Waals surface area (Å²) in [6.45, 7) is 5.15. The van der Waals surface area contributed by atoms with Gasteiger partial charge >= 0.3 is 0 Å². The first-order valence-corrected chi connectivity index (χ1v) is 9.88. The number of hydrogen-bond acceptors (Lipinski definition) is 4. The van der Waals surface area contributed by atoms with E-state index in [-0.39, 0.29) is 11.8 Å². The van der Waals surface area contributed by atoms with E-state index in [1.807, 2.05) is 0 Å². The molecule has 0 bridgehead atoms. The molecule has 140 valence electrons. The normalized spacial score (nSPS) is 22.3. The maximum absolute atomic E-state index is 12.1. The van der Waals surface area contributed by atoms with Gasteiger partial charge in [0, 0.05) is 38.8 Å². The lowest BCUT2D eigenvalue weighted by Crippen LogP contribution is -2.51. The molecule has 0 aromatic heterocycles. The summed E-state index contributed by atoms with van der Waals surface area (Å²) in [7, 11) is 0. The minimum absolute atomic E-state index is 0.122. The van der Waals surface area contributed by atoms with Crippen LogP contribution in [0, 0.1) is 0 Å². The van der Waals surface area contributed by atoms with Crippen LogP contribution in [0.4, 0.5) is 0 Å². The van der Waals surface area contributed by atoms with Gasteiger partial charge in [-0.1, -0.05) is 11.6 Å². The quantitative estimate of drug-likeness (QED) is 0.640. The van der Waals surface area contributed by atoms with Crippen molar-refractivity contribution in [2.75, 3.05) is 45.8 Å². The van der Waals surface area contributed by atoms with Gasteiger partial charge in [-0.2, -0.15) is 0 Å². The van der Waals surface area contributed by atoms with Crippen LogP contribution in [-0.4, -0.2) is 73.5 Å². The molecule has 2 aliphatic carbocycles. The molecule has 3 rings (SSSR count). The van der Waals surface area contributed by atoms with E-state index in [1.165, 1.54) is 31.3 Å². The third-order valence-electron chi connectivity index (χ3n) is 5.30. The zero-order valence-electron chi connectivity index (χ0n) is 15.3. The lowest BCUT2D eigenvalue weighted by atomic mass is 9.97. The Morgan fingerprint density at radius 1 is 1.00 bits per heavy atom. The number of allylic oxidation sites excluding steroid dienone is 1. The van der Waals surface area contributed by atoms with Gasteiger partial charge in [-0.05, 0) is 44.9 Å². The van der Waals surface area contributed by atoms with Gasteiger partial charge in [-0.25, -0.2) is 0 Å². The fraction of sp³-hybridized carbons (Fsp3) is 0.789. The smallest absolute Gasteiger partial charge is 0.234 e. The van der Waals surface area contributed by atoms with Crippen LogP contribution in [-0.2, 0) is 9.59 Å². The SMILES string of the molecule is O=C(CN1CCN(CC(=O)NC2CC2)CC1)NCCC1=CCCCC1. The average Bonchev–Trinajstić information content (AvgIpc) is 3.41. The van der Waals surface area contributed by atoms with E-state index in [1.54, 1.807) is 0 Å². The number of carbonyl (C=O) groups is 2. The molecule has 1 saturated carbocycles. The van der Waals surface area contributed by atoms with E-state index in [9.17, 15) is 9.59 Å². The zero-order valence-corrected chi connectivity index (χ0v) is 15.3. The summed E-state index contributed by atoms with van der Waals surface area (Å²) in [6.07, 6.45) is 10.6. The average molecular weight is 348 g/mol. The van der Waals surface area contributed by atoms with Crippen molar-refractivity contribution >= 4 is 11.8 Å². The second-order valence-corrected chi connectivity index (χ2v) is 7.60. The van der Waals surface area contributed by atoms with Crippen molar-refractivity contribution in [3.05, 3.63) is 11.6 Å². The molecule has 25 heavy (non-hydrogen) atoms. The molecular weight excluding hydrogens is 316 g/mol. The molecule has 0 atom stereocenters. The molecule has 0 radical (unpaired) electrons. The highest BCUT2D eigenvalue weighted by Crippen LogP contribution is 2.19. The fourth-order valence-electron chi connectivity index (χ4n) is 3.56. The van der Waals surface area contributed by atoms with Crippen LogP contribution in [0.3, 0.4) is 0 Å². The maximum Gasteiger partial charge on any atom is 0.234 e. The molecule has 0 unspecified atom stereocenters. The van der Waals surface area contributed by atoms with E-state index in [2.05, 4.69) is 26.5 Å². The lowest BCUT2D eigenvalue weighted by molar-refractivity contribution is -0.125. The number of nitrogens with one attached hydrogen (secondary N) is 2. The van der Waals surface area contributed by atoms with Gasteiger partial charge in [0.05, 0.1) is 13.1 Å². The van der Waals surface area contributed by atoms with Gasteiger partial charge in [0.1, 0.15) is 0 Å². The van der Waals surface area contributed by atoms with Crippen molar-refractivity contribution < 1.29 is 9.59 Å². The third-order valence-corrected chi connectivity index (χ3v) is 5.30. The van der Waals surface area contributed by atoms with Crippen molar-refractivity contribution in [1.29, 1.82) is 0 Å². The molecule has 2 fully saturated rings. The van der Waals surface area contributed by atoms with Gasteiger partial charge in [0.15, 0.2) is 0 Å². The summed E-state index contributed by atoms with van der Waals surface area (Å²) < 4.78 is 0. The Balaban J connectivity index is 1.25. The number of amides is 2. The Morgan fingerprint density at radius 3 is 2.28 bits per heavy atom. The Kier molecular flexibility index (Phi) is 6.87. The Labute approximate surface area is 151 Å². The Hall–Kier alpha value is -1.40. The summed E-state index contributed by atoms with van der Waals surface area (Å²) in [5.74, 6) is 0.266. The van der Waals surface area contributed by atoms with Gasteiger partial charge in [0.25, 0.3) is 0 Å². The van der Waals surface area contributed by atoms with Crippen LogP contribution in [0.25, 0.3) is 0 Å². The maximum atomic E-state index is 12.1. The van der Waals surface area contributed by atoms with E-state index < -0.39 is 0 Å². The van der Waals surface area contributed by atoms with Gasteiger partial charge in [-0.3, -0.25) is 19.4 Å². The first kappa shape index (κ1) is 18.4. The molecule has 1 saturated heterocycles. The van der Waals surface area contributed by atoms with Crippen molar-refractivity contribution in [2.24, 2.45) is 0 Å². The number of rotatable bonds is 8. The second kappa shape index (κ2) is 9.34. The highest BCUT2D eigenvalue weighted by atomic mass is 16.2. The van der Waals surface area contributed by atoms with Gasteiger partial charge < -0.3 is 10.6 Å². The van der Waals surface area contributed by atoms with Crippen molar-refractivity contribution in [3.63, 3.8) is 0 Å². The molecule has 2 N–H and O–H groups in total. The summed E-state index contributed by atoms with van der Waals surface area (Å²) in [5.41, 5.74) is 1.50. The predicted molar refractivity (Wildman–Crippen MR) is 98.2 cm³/mol. The van der Waals surface area contributed by atoms with E-state index in [0.29, 0.717) is 19.1 Å². The minimum atomic E-state index is 0.122. The number of hydrogen-bond donors (Lipinski definition) is 2. The van der Waals surface area contributed by atoms with Crippen LogP contribution in [0.2, 0.25) is 0 Å². The molecule has 1 heterocycles. The van der Waals surface area contributed by atoms with E-state index >= 15 is 0 Å². The monoisotopic (exact) mass is 348 g/mol. The molecule has 3 aliphatic rings. The van der Waals surface area contributed by atoms with Crippen LogP contribution in [0.15, 0.2) is 11.6 Å². The number of nitrogens with zero attached hydrogens (tertiary/aromatic N) is 2. The largest absolute Gasteiger partial charge is 0.355 e. The van der Waals surface area contributed by atoms with Gasteiger partial charge in [0.2, 0.25) is 11.8 Å². The summed E-state index contributed by atoms with van der Waals surface area (Å²) in [5, 5.41) is 6.08. The topological polar surface area (TPSA) is 64.7 Å². The van der Waals surface area contributed by atoms with Crippen molar-refractivity contribution in [1.82, 2.24) is 20.4 Å². The first-order valence-electron chi connectivity index (χ1n) is 9.88. The highest BCUT2D eigenvalue weighted by Gasteiger charge is 2.25. The van der Waals surface area contributed by atoms with Crippen LogP contribution in [0.1, 0.15) is 44.9 Å². The summed E-state index contributed by atoms with van der Waals surface area (Å²) in [4.78, 5) is 28.3. The first-order chi connectivity index (χ1) is 12.2. The van der Waals surface area contributed by atoms with E-state index in [0.717, 1.165) is 52.0 Å². The summed E-state index contributed by atoms with van der Waals surface area (Å²) in [6, 6.07) is 0.432. The second-order valence-electron chi connectivity index (χ2n) is 7.60. The molecule has 0 aromatic carbocycles. The molecule has 1 aliphatic heterocycles. The van der Waals surface area contributed by atoms with Gasteiger partial charge in [-0.15, -0.1) is 0 Å². The molecule has 0 aromatic rings. The molecule has 6 heteroatoms. The molecule has 0 spiro atoms. The lowest BCUT2D eigenvalue weighted by Gasteiger charge is -2.33. The van der Waals surface area contributed by atoms with Crippen LogP contribution < -0.4 is 10.6 Å². The third kappa shape index (κ3) is 6.78. The highest BCUT2D eigenvalue weighted by molar-refractivity contribution is 5.79. The standard InChI is InChI=1S/C19H32N4O2/c24-18(20-9-8-16-4-2-1-3-5-16)14-22-10-12-23(13-11-22)15-19(25)21-17-6-7-17/h4,17H,1-3,5-15H2,(H,20,24)(H,21,25). The summed E-state index contributed by atoms with van der Waals surface area (Å²) >= 11 is 0. The Bertz CT molecular complexity index is 494. The fourth-order valence-corrected chi connectivity index (χ4v) is 3.56. The van der Waals surface area contributed by atoms with Crippen molar-refractivity contribution in [2.45, 2.75) is 51.0 Å². The van der Waals surface area contributed by atoms with Crippen molar-refractivity contribution in [3.8, 4) is 0 Å². The van der Waals surface area contributed by atoms with Crippen LogP contribution in [0.5, 0.6) is 0 Å². The van der Waals surface area contributed by atoms with E-state index in [4.69, 9.17) is 0 Å².